The predicted molar refractivity (Wildman–Crippen MR) is 136 cm³/mol. The van der Waals surface area contributed by atoms with E-state index in [1.807, 2.05) is 49.1 Å². The van der Waals surface area contributed by atoms with Gasteiger partial charge in [0.15, 0.2) is 5.78 Å². The second kappa shape index (κ2) is 11.1. The van der Waals surface area contributed by atoms with E-state index < -0.39 is 11.8 Å². The van der Waals surface area contributed by atoms with Crippen LogP contribution in [-0.2, 0) is 27.2 Å². The number of rotatable bonds is 6. The van der Waals surface area contributed by atoms with Gasteiger partial charge >= 0.3 is 11.8 Å². The van der Waals surface area contributed by atoms with E-state index in [0.717, 1.165) is 31.2 Å². The van der Waals surface area contributed by atoms with E-state index in [9.17, 15) is 19.2 Å². The smallest absolute Gasteiger partial charge is 0.311 e. The van der Waals surface area contributed by atoms with Crippen molar-refractivity contribution in [1.29, 1.82) is 0 Å². The number of amides is 3. The molecular weight excluding hydrogens is 464 g/mol. The molecule has 9 heteroatoms. The van der Waals surface area contributed by atoms with Crippen molar-refractivity contribution in [2.24, 2.45) is 0 Å². The number of piperazine rings is 1. The molecule has 2 aliphatic rings. The molecule has 3 amide bonds. The third-order valence-electron chi connectivity index (χ3n) is 6.33. The van der Waals surface area contributed by atoms with Crippen LogP contribution >= 0.6 is 11.3 Å². The SMILES string of the molecule is CC(C)NC(=O)C(=O)N1CCN(CC(=O)Nc2sc3c(c2C(=O)c2ccccc2)CCCC3)CC1. The number of carbonyl (C=O) groups excluding carboxylic acids is 4. The van der Waals surface area contributed by atoms with Crippen molar-refractivity contribution in [2.45, 2.75) is 45.6 Å². The summed E-state index contributed by atoms with van der Waals surface area (Å²) >= 11 is 1.52. The Labute approximate surface area is 209 Å². The first-order valence-electron chi connectivity index (χ1n) is 12.2. The lowest BCUT2D eigenvalue weighted by molar-refractivity contribution is -0.147. The van der Waals surface area contributed by atoms with Crippen LogP contribution in [0.15, 0.2) is 30.3 Å². The van der Waals surface area contributed by atoms with Crippen LogP contribution in [0.3, 0.4) is 0 Å². The highest BCUT2D eigenvalue weighted by molar-refractivity contribution is 7.17. The molecule has 4 rings (SSSR count). The molecule has 0 saturated carbocycles. The normalized spacial score (nSPS) is 16.0. The Kier molecular flexibility index (Phi) is 7.97. The lowest BCUT2D eigenvalue weighted by Crippen LogP contribution is -2.54. The number of hydrogen-bond donors (Lipinski definition) is 2. The molecule has 1 fully saturated rings. The third-order valence-corrected chi connectivity index (χ3v) is 7.54. The van der Waals surface area contributed by atoms with Gasteiger partial charge in [0, 0.05) is 42.7 Å². The van der Waals surface area contributed by atoms with Gasteiger partial charge in [0.1, 0.15) is 5.00 Å². The highest BCUT2D eigenvalue weighted by atomic mass is 32.1. The number of thiophene rings is 1. The molecule has 186 valence electrons. The fourth-order valence-electron chi connectivity index (χ4n) is 4.57. The van der Waals surface area contributed by atoms with Gasteiger partial charge in [-0.05, 0) is 45.1 Å². The van der Waals surface area contributed by atoms with Crippen molar-refractivity contribution in [3.8, 4) is 0 Å². The molecule has 2 aromatic rings. The zero-order valence-electron chi connectivity index (χ0n) is 20.3. The van der Waals surface area contributed by atoms with E-state index in [2.05, 4.69) is 10.6 Å². The van der Waals surface area contributed by atoms with Gasteiger partial charge in [-0.25, -0.2) is 0 Å². The number of fused-ring (bicyclic) bond motifs is 1. The Bertz CT molecular complexity index is 1100. The van der Waals surface area contributed by atoms with Crippen molar-refractivity contribution < 1.29 is 19.2 Å². The van der Waals surface area contributed by atoms with E-state index >= 15 is 0 Å². The third kappa shape index (κ3) is 5.97. The first-order chi connectivity index (χ1) is 16.8. The summed E-state index contributed by atoms with van der Waals surface area (Å²) < 4.78 is 0. The maximum atomic E-state index is 13.4. The van der Waals surface area contributed by atoms with Crippen molar-refractivity contribution in [2.75, 3.05) is 38.0 Å². The van der Waals surface area contributed by atoms with E-state index in [0.29, 0.717) is 42.3 Å². The number of benzene rings is 1. The molecule has 1 aliphatic heterocycles. The minimum Gasteiger partial charge on any atom is -0.346 e. The molecule has 35 heavy (non-hydrogen) atoms. The van der Waals surface area contributed by atoms with Crippen LogP contribution in [0.2, 0.25) is 0 Å². The number of anilines is 1. The molecule has 1 aromatic carbocycles. The van der Waals surface area contributed by atoms with Gasteiger partial charge in [0.2, 0.25) is 5.91 Å². The molecule has 0 bridgehead atoms. The first kappa shape index (κ1) is 25.1. The molecule has 2 heterocycles. The largest absolute Gasteiger partial charge is 0.346 e. The van der Waals surface area contributed by atoms with E-state index in [4.69, 9.17) is 0 Å². The Balaban J connectivity index is 1.39. The summed E-state index contributed by atoms with van der Waals surface area (Å²) in [6.45, 7) is 5.58. The fourth-order valence-corrected chi connectivity index (χ4v) is 5.88. The molecule has 8 nitrogen and oxygen atoms in total. The van der Waals surface area contributed by atoms with E-state index in [1.54, 1.807) is 0 Å². The molecule has 2 N–H and O–H groups in total. The first-order valence-corrected chi connectivity index (χ1v) is 13.0. The van der Waals surface area contributed by atoms with Crippen LogP contribution in [0.1, 0.15) is 53.1 Å². The van der Waals surface area contributed by atoms with E-state index in [-0.39, 0.29) is 24.3 Å². The summed E-state index contributed by atoms with van der Waals surface area (Å²) in [5, 5.41) is 6.27. The van der Waals surface area contributed by atoms with Crippen LogP contribution in [0.5, 0.6) is 0 Å². The topological polar surface area (TPSA) is 98.8 Å². The van der Waals surface area contributed by atoms with Crippen LogP contribution in [-0.4, -0.2) is 72.1 Å². The zero-order valence-corrected chi connectivity index (χ0v) is 21.1. The van der Waals surface area contributed by atoms with Crippen molar-refractivity contribution in [3.63, 3.8) is 0 Å². The number of nitrogens with zero attached hydrogens (tertiary/aromatic N) is 2. The summed E-state index contributed by atoms with van der Waals surface area (Å²) in [6, 6.07) is 9.10. The highest BCUT2D eigenvalue weighted by Gasteiger charge is 2.29. The fraction of sp³-hybridized carbons (Fsp3) is 0.462. The Morgan fingerprint density at radius 2 is 1.66 bits per heavy atom. The van der Waals surface area contributed by atoms with Crippen molar-refractivity contribution in [3.05, 3.63) is 51.9 Å². The molecule has 0 spiro atoms. The molecule has 1 aromatic heterocycles. The molecule has 1 aliphatic carbocycles. The maximum Gasteiger partial charge on any atom is 0.311 e. The number of ketones is 1. The quantitative estimate of drug-likeness (QED) is 0.473. The van der Waals surface area contributed by atoms with Gasteiger partial charge in [-0.3, -0.25) is 24.1 Å². The highest BCUT2D eigenvalue weighted by Crippen LogP contribution is 2.39. The summed E-state index contributed by atoms with van der Waals surface area (Å²) in [7, 11) is 0. The summed E-state index contributed by atoms with van der Waals surface area (Å²) in [4.78, 5) is 55.3. The van der Waals surface area contributed by atoms with Gasteiger partial charge in [-0.15, -0.1) is 11.3 Å². The second-order valence-corrected chi connectivity index (χ2v) is 10.5. The lowest BCUT2D eigenvalue weighted by Gasteiger charge is -2.34. The summed E-state index contributed by atoms with van der Waals surface area (Å²) in [5.41, 5.74) is 2.34. The molecule has 0 unspecified atom stereocenters. The van der Waals surface area contributed by atoms with Crippen LogP contribution in [0.25, 0.3) is 0 Å². The lowest BCUT2D eigenvalue weighted by atomic mass is 9.92. The number of carbonyl (C=O) groups is 4. The van der Waals surface area contributed by atoms with Crippen molar-refractivity contribution in [1.82, 2.24) is 15.1 Å². The van der Waals surface area contributed by atoms with Crippen LogP contribution in [0, 0.1) is 0 Å². The van der Waals surface area contributed by atoms with Crippen molar-refractivity contribution >= 4 is 39.8 Å². The van der Waals surface area contributed by atoms with E-state index in [1.165, 1.54) is 21.1 Å². The molecule has 0 radical (unpaired) electrons. The monoisotopic (exact) mass is 496 g/mol. The van der Waals surface area contributed by atoms with Gasteiger partial charge in [0.05, 0.1) is 12.1 Å². The Hall–Kier alpha value is -3.04. The maximum absolute atomic E-state index is 13.4. The Morgan fingerprint density at radius 3 is 2.34 bits per heavy atom. The van der Waals surface area contributed by atoms with Gasteiger partial charge in [0.25, 0.3) is 0 Å². The number of aryl methyl sites for hydroxylation is 1. The predicted octanol–water partition coefficient (Wildman–Crippen LogP) is 2.47. The minimum atomic E-state index is -0.594. The summed E-state index contributed by atoms with van der Waals surface area (Å²) in [6.07, 6.45) is 3.93. The van der Waals surface area contributed by atoms with Gasteiger partial charge in [-0.1, -0.05) is 30.3 Å². The average molecular weight is 497 g/mol. The average Bonchev–Trinajstić information content (AvgIpc) is 3.21. The molecule has 0 atom stereocenters. The number of nitrogens with one attached hydrogen (secondary N) is 2. The van der Waals surface area contributed by atoms with Gasteiger partial charge in [-0.2, -0.15) is 0 Å². The minimum absolute atomic E-state index is 0.0490. The standard InChI is InChI=1S/C26H32N4O4S/c1-17(2)27-24(33)26(34)30-14-12-29(13-15-30)16-21(31)28-25-22(19-10-6-7-11-20(19)35-25)23(32)18-8-4-3-5-9-18/h3-5,8-9,17H,6-7,10-16H2,1-2H3,(H,27,33)(H,28,31). The number of hydrogen-bond acceptors (Lipinski definition) is 6. The van der Waals surface area contributed by atoms with Gasteiger partial charge < -0.3 is 15.5 Å². The molecular formula is C26H32N4O4S. The summed E-state index contributed by atoms with van der Waals surface area (Å²) in [5.74, 6) is -1.35. The van der Waals surface area contributed by atoms with Crippen LogP contribution < -0.4 is 10.6 Å². The van der Waals surface area contributed by atoms with Crippen LogP contribution in [0.4, 0.5) is 5.00 Å². The molecule has 1 saturated heterocycles. The Morgan fingerprint density at radius 1 is 0.971 bits per heavy atom. The second-order valence-electron chi connectivity index (χ2n) is 9.35. The zero-order chi connectivity index (χ0) is 24.9.